The molecule has 0 saturated heterocycles. The van der Waals surface area contributed by atoms with E-state index in [1.165, 1.54) is 18.2 Å². The van der Waals surface area contributed by atoms with Crippen LogP contribution in [-0.4, -0.2) is 24.4 Å². The molecule has 0 spiro atoms. The number of aromatic nitrogens is 5. The molecular weight excluding hydrogens is 422 g/mol. The van der Waals surface area contributed by atoms with Gasteiger partial charge in [-0.25, -0.2) is 23.0 Å². The van der Waals surface area contributed by atoms with Gasteiger partial charge in [0.05, 0.1) is 17.1 Å². The standard InChI is InChI=1S/C25H22F2N6/c1-4-12-32-25-19(24(31-32)29-16(3)17-8-10-18(26)11-9-17)13-21(27)23(30-25)20-14-28-33-15(2)6-5-7-22(20)33/h5-11,13-14H,3-4,12H2,1-2H3,(H,29,31). The van der Waals surface area contributed by atoms with Crippen LogP contribution in [0.15, 0.2) is 61.3 Å². The van der Waals surface area contributed by atoms with E-state index >= 15 is 4.39 Å². The number of hydrogen-bond acceptors (Lipinski definition) is 4. The topological polar surface area (TPSA) is 60.0 Å². The van der Waals surface area contributed by atoms with Gasteiger partial charge in [-0.2, -0.15) is 10.2 Å². The van der Waals surface area contributed by atoms with Gasteiger partial charge in [0, 0.05) is 23.5 Å². The van der Waals surface area contributed by atoms with Gasteiger partial charge in [-0.1, -0.05) is 31.7 Å². The van der Waals surface area contributed by atoms with Crippen LogP contribution in [0, 0.1) is 18.6 Å². The number of pyridine rings is 2. The van der Waals surface area contributed by atoms with Crippen molar-refractivity contribution < 1.29 is 8.78 Å². The maximum atomic E-state index is 15.4. The van der Waals surface area contributed by atoms with Crippen molar-refractivity contribution in [2.75, 3.05) is 5.32 Å². The average molecular weight is 444 g/mol. The van der Waals surface area contributed by atoms with Crippen LogP contribution in [0.1, 0.15) is 24.6 Å². The molecule has 6 nitrogen and oxygen atoms in total. The van der Waals surface area contributed by atoms with Crippen LogP contribution in [0.2, 0.25) is 0 Å². The van der Waals surface area contributed by atoms with Gasteiger partial charge in [-0.15, -0.1) is 0 Å². The summed E-state index contributed by atoms with van der Waals surface area (Å²) < 4.78 is 32.2. The predicted molar refractivity (Wildman–Crippen MR) is 126 cm³/mol. The summed E-state index contributed by atoms with van der Waals surface area (Å²) in [4.78, 5) is 4.68. The fraction of sp³-hybridized carbons (Fsp3) is 0.160. The maximum Gasteiger partial charge on any atom is 0.162 e. The molecular formula is C25H22F2N6. The minimum Gasteiger partial charge on any atom is -0.338 e. The highest BCUT2D eigenvalue weighted by Gasteiger charge is 2.20. The van der Waals surface area contributed by atoms with E-state index in [1.807, 2.05) is 32.0 Å². The largest absolute Gasteiger partial charge is 0.338 e. The first-order chi connectivity index (χ1) is 16.0. The molecule has 0 aliphatic carbocycles. The fourth-order valence-corrected chi connectivity index (χ4v) is 3.92. The Bertz CT molecular complexity index is 1500. The summed E-state index contributed by atoms with van der Waals surface area (Å²) in [5.74, 6) is -0.349. The van der Waals surface area contributed by atoms with Crippen LogP contribution >= 0.6 is 0 Å². The van der Waals surface area contributed by atoms with E-state index in [-0.39, 0.29) is 11.5 Å². The van der Waals surface area contributed by atoms with Gasteiger partial charge >= 0.3 is 0 Å². The van der Waals surface area contributed by atoms with Crippen molar-refractivity contribution in [3.63, 3.8) is 0 Å². The molecule has 0 atom stereocenters. The monoisotopic (exact) mass is 444 g/mol. The van der Waals surface area contributed by atoms with Crippen LogP contribution in [0.4, 0.5) is 14.6 Å². The predicted octanol–water partition coefficient (Wildman–Crippen LogP) is 5.83. The third kappa shape index (κ3) is 3.63. The second-order valence-electron chi connectivity index (χ2n) is 7.89. The Morgan fingerprint density at radius 1 is 1.12 bits per heavy atom. The van der Waals surface area contributed by atoms with Crippen molar-refractivity contribution in [2.45, 2.75) is 26.8 Å². The van der Waals surface area contributed by atoms with Crippen LogP contribution in [0.3, 0.4) is 0 Å². The highest BCUT2D eigenvalue weighted by atomic mass is 19.1. The lowest BCUT2D eigenvalue weighted by molar-refractivity contribution is 0.613. The van der Waals surface area contributed by atoms with Gasteiger partial charge in [0.15, 0.2) is 17.3 Å². The molecule has 1 aromatic carbocycles. The van der Waals surface area contributed by atoms with E-state index in [4.69, 9.17) is 0 Å². The molecule has 0 unspecified atom stereocenters. The van der Waals surface area contributed by atoms with Crippen molar-refractivity contribution in [3.05, 3.63) is 84.2 Å². The van der Waals surface area contributed by atoms with Gasteiger partial charge in [0.2, 0.25) is 0 Å². The summed E-state index contributed by atoms with van der Waals surface area (Å²) in [7, 11) is 0. The molecule has 0 radical (unpaired) electrons. The van der Waals surface area contributed by atoms with Crippen LogP contribution in [0.5, 0.6) is 0 Å². The second-order valence-corrected chi connectivity index (χ2v) is 7.89. The molecule has 5 aromatic rings. The Labute approximate surface area is 189 Å². The smallest absolute Gasteiger partial charge is 0.162 e. The second kappa shape index (κ2) is 8.12. The van der Waals surface area contributed by atoms with Crippen molar-refractivity contribution in [3.8, 4) is 11.3 Å². The molecule has 0 saturated carbocycles. The first-order valence-electron chi connectivity index (χ1n) is 10.7. The molecule has 0 aliphatic heterocycles. The van der Waals surface area contributed by atoms with Crippen molar-refractivity contribution in [1.29, 1.82) is 0 Å². The lowest BCUT2D eigenvalue weighted by atomic mass is 10.1. The van der Waals surface area contributed by atoms with Gasteiger partial charge < -0.3 is 5.32 Å². The molecule has 1 N–H and O–H groups in total. The first kappa shape index (κ1) is 20.8. The Hall–Kier alpha value is -4.07. The number of rotatable bonds is 6. The van der Waals surface area contributed by atoms with Gasteiger partial charge in [0.25, 0.3) is 0 Å². The Balaban J connectivity index is 1.61. The number of benzene rings is 1. The summed E-state index contributed by atoms with van der Waals surface area (Å²) >= 11 is 0. The summed E-state index contributed by atoms with van der Waals surface area (Å²) in [6, 6.07) is 13.2. The molecule has 8 heteroatoms. The summed E-state index contributed by atoms with van der Waals surface area (Å²) in [5, 5.41) is 12.7. The summed E-state index contributed by atoms with van der Waals surface area (Å²) in [6.07, 6.45) is 2.47. The lowest BCUT2D eigenvalue weighted by Gasteiger charge is -2.08. The molecule has 4 heterocycles. The third-order valence-corrected chi connectivity index (χ3v) is 5.56. The van der Waals surface area contributed by atoms with E-state index in [2.05, 4.69) is 27.1 Å². The number of aryl methyl sites for hydroxylation is 2. The molecule has 33 heavy (non-hydrogen) atoms. The fourth-order valence-electron chi connectivity index (χ4n) is 3.92. The van der Waals surface area contributed by atoms with Crippen molar-refractivity contribution in [1.82, 2.24) is 24.4 Å². The van der Waals surface area contributed by atoms with Crippen molar-refractivity contribution >= 4 is 28.1 Å². The number of halogens is 2. The third-order valence-electron chi connectivity index (χ3n) is 5.56. The number of hydrogen-bond donors (Lipinski definition) is 1. The Morgan fingerprint density at radius 2 is 1.91 bits per heavy atom. The molecule has 0 amide bonds. The average Bonchev–Trinajstić information content (AvgIpc) is 3.36. The first-order valence-corrected chi connectivity index (χ1v) is 10.7. The zero-order valence-electron chi connectivity index (χ0n) is 18.3. The van der Waals surface area contributed by atoms with E-state index in [9.17, 15) is 4.39 Å². The summed E-state index contributed by atoms with van der Waals surface area (Å²) in [6.45, 7) is 8.63. The highest BCUT2D eigenvalue weighted by molar-refractivity contribution is 5.94. The quantitative estimate of drug-likeness (QED) is 0.358. The van der Waals surface area contributed by atoms with Crippen LogP contribution in [0.25, 0.3) is 33.5 Å². The van der Waals surface area contributed by atoms with Crippen LogP contribution < -0.4 is 5.32 Å². The Kier molecular flexibility index (Phi) is 5.12. The normalized spacial score (nSPS) is 11.4. The Morgan fingerprint density at radius 3 is 2.67 bits per heavy atom. The molecule has 4 aromatic heterocycles. The molecule has 0 aliphatic rings. The number of fused-ring (bicyclic) bond motifs is 2. The lowest BCUT2D eigenvalue weighted by Crippen LogP contribution is -2.02. The molecule has 0 bridgehead atoms. The molecule has 5 rings (SSSR count). The molecule has 0 fully saturated rings. The van der Waals surface area contributed by atoms with Gasteiger partial charge in [-0.05, 0) is 49.2 Å². The van der Waals surface area contributed by atoms with Gasteiger partial charge in [-0.3, -0.25) is 0 Å². The number of anilines is 1. The zero-order valence-corrected chi connectivity index (χ0v) is 18.3. The van der Waals surface area contributed by atoms with E-state index < -0.39 is 5.82 Å². The van der Waals surface area contributed by atoms with Gasteiger partial charge in [0.1, 0.15) is 11.5 Å². The summed E-state index contributed by atoms with van der Waals surface area (Å²) in [5.41, 5.74) is 4.38. The molecule has 166 valence electrons. The van der Waals surface area contributed by atoms with E-state index in [1.54, 1.807) is 27.5 Å². The minimum absolute atomic E-state index is 0.226. The number of nitrogens with one attached hydrogen (secondary N) is 1. The SMILES string of the molecule is C=C(Nc1nn(CCC)c2nc(-c3cnn4c(C)cccc34)c(F)cc12)c1ccc(F)cc1. The van der Waals surface area contributed by atoms with Crippen molar-refractivity contribution in [2.24, 2.45) is 0 Å². The minimum atomic E-state index is -0.467. The van der Waals surface area contributed by atoms with E-state index in [0.717, 1.165) is 17.6 Å². The number of nitrogens with zero attached hydrogens (tertiary/aromatic N) is 5. The zero-order chi connectivity index (χ0) is 23.1. The van der Waals surface area contributed by atoms with Crippen LogP contribution in [-0.2, 0) is 6.54 Å². The highest BCUT2D eigenvalue weighted by Crippen LogP contribution is 2.32. The maximum absolute atomic E-state index is 15.4. The van der Waals surface area contributed by atoms with E-state index in [0.29, 0.717) is 40.2 Å².